The molecule has 0 N–H and O–H groups in total. The van der Waals surface area contributed by atoms with Crippen molar-refractivity contribution in [2.24, 2.45) is 0 Å². The van der Waals surface area contributed by atoms with Crippen LogP contribution in [0.4, 0.5) is 17.1 Å². The zero-order valence-electron chi connectivity index (χ0n) is 34.4. The summed E-state index contributed by atoms with van der Waals surface area (Å²) in [5.74, 6) is 0. The molecule has 0 aliphatic heterocycles. The fourth-order valence-corrected chi connectivity index (χ4v) is 12.0. The minimum atomic E-state index is -0.472. The van der Waals surface area contributed by atoms with Crippen molar-refractivity contribution in [3.05, 3.63) is 259 Å². The first-order valence-electron chi connectivity index (χ1n) is 21.8. The third-order valence-electron chi connectivity index (χ3n) is 13.5. The first-order chi connectivity index (χ1) is 31.3. The molecular formula is C61H39NS. The van der Waals surface area contributed by atoms with Gasteiger partial charge in [0.1, 0.15) is 0 Å². The summed E-state index contributed by atoms with van der Waals surface area (Å²) < 4.78 is 2.57. The molecule has 0 unspecified atom stereocenters. The lowest BCUT2D eigenvalue weighted by atomic mass is 9.70. The lowest BCUT2D eigenvalue weighted by Gasteiger charge is -2.33. The average Bonchev–Trinajstić information content (AvgIpc) is 3.99. The smallest absolute Gasteiger partial charge is 0.0726 e. The van der Waals surface area contributed by atoms with Gasteiger partial charge in [-0.2, -0.15) is 0 Å². The molecule has 2 aliphatic rings. The number of benzene rings is 10. The second kappa shape index (κ2) is 14.1. The molecule has 1 nitrogen and oxygen atoms in total. The highest BCUT2D eigenvalue weighted by Gasteiger charge is 2.51. The molecule has 0 radical (unpaired) electrons. The van der Waals surface area contributed by atoms with E-state index in [1.54, 1.807) is 0 Å². The molecule has 1 spiro atoms. The van der Waals surface area contributed by atoms with Crippen LogP contribution < -0.4 is 4.90 Å². The van der Waals surface area contributed by atoms with E-state index >= 15 is 0 Å². The van der Waals surface area contributed by atoms with Gasteiger partial charge in [0.15, 0.2) is 0 Å². The normalized spacial score (nSPS) is 12.9. The van der Waals surface area contributed by atoms with E-state index in [0.29, 0.717) is 0 Å². The molecule has 11 aromatic rings. The van der Waals surface area contributed by atoms with Crippen LogP contribution in [0.3, 0.4) is 0 Å². The van der Waals surface area contributed by atoms with Crippen molar-refractivity contribution in [1.82, 2.24) is 0 Å². The number of hydrogen-bond acceptors (Lipinski definition) is 2. The quantitative estimate of drug-likeness (QED) is 0.162. The van der Waals surface area contributed by atoms with Gasteiger partial charge in [-0.1, -0.05) is 194 Å². The summed E-state index contributed by atoms with van der Waals surface area (Å²) in [6, 6.07) is 87.9. The molecule has 10 aromatic carbocycles. The summed E-state index contributed by atoms with van der Waals surface area (Å²) in [5, 5.41) is 2.56. The maximum atomic E-state index is 2.56. The Morgan fingerprint density at radius 1 is 0.317 bits per heavy atom. The summed E-state index contributed by atoms with van der Waals surface area (Å²) in [7, 11) is 0. The number of thiophene rings is 1. The zero-order chi connectivity index (χ0) is 41.5. The van der Waals surface area contributed by atoms with Gasteiger partial charge in [0.05, 0.1) is 16.8 Å². The van der Waals surface area contributed by atoms with E-state index in [1.165, 1.54) is 98.1 Å². The van der Waals surface area contributed by atoms with Crippen LogP contribution in [0.1, 0.15) is 22.3 Å². The lowest BCUT2D eigenvalue weighted by Crippen LogP contribution is -2.26. The topological polar surface area (TPSA) is 3.24 Å². The third kappa shape index (κ3) is 5.29. The van der Waals surface area contributed by atoms with Gasteiger partial charge in [0.2, 0.25) is 0 Å². The van der Waals surface area contributed by atoms with Gasteiger partial charge in [0.25, 0.3) is 0 Å². The van der Waals surface area contributed by atoms with E-state index in [0.717, 1.165) is 17.1 Å². The number of nitrogens with zero attached hydrogens (tertiary/aromatic N) is 1. The Bertz CT molecular complexity index is 3520. The lowest BCUT2D eigenvalue weighted by molar-refractivity contribution is 0.793. The monoisotopic (exact) mass is 817 g/mol. The van der Waals surface area contributed by atoms with Crippen LogP contribution in [-0.2, 0) is 5.41 Å². The third-order valence-corrected chi connectivity index (χ3v) is 14.6. The largest absolute Gasteiger partial charge is 0.309 e. The van der Waals surface area contributed by atoms with Crippen LogP contribution in [-0.4, -0.2) is 0 Å². The first kappa shape index (κ1) is 35.9. The highest BCUT2D eigenvalue weighted by Crippen LogP contribution is 2.63. The molecule has 0 atom stereocenters. The Labute approximate surface area is 371 Å². The Morgan fingerprint density at radius 2 is 0.857 bits per heavy atom. The minimum Gasteiger partial charge on any atom is -0.309 e. The molecule has 1 aromatic heterocycles. The van der Waals surface area contributed by atoms with E-state index in [2.05, 4.69) is 241 Å². The molecule has 0 saturated carbocycles. The van der Waals surface area contributed by atoms with E-state index in [1.807, 2.05) is 11.3 Å². The summed E-state index contributed by atoms with van der Waals surface area (Å²) in [5.41, 5.74) is 20.6. The van der Waals surface area contributed by atoms with Gasteiger partial charge < -0.3 is 4.90 Å². The van der Waals surface area contributed by atoms with Crippen molar-refractivity contribution in [2.75, 3.05) is 4.90 Å². The molecule has 63 heavy (non-hydrogen) atoms. The van der Waals surface area contributed by atoms with Gasteiger partial charge in [-0.3, -0.25) is 0 Å². The van der Waals surface area contributed by atoms with Crippen LogP contribution in [0.15, 0.2) is 237 Å². The van der Waals surface area contributed by atoms with Crippen molar-refractivity contribution in [3.8, 4) is 55.6 Å². The Kier molecular flexibility index (Phi) is 8.06. The van der Waals surface area contributed by atoms with Crippen molar-refractivity contribution in [2.45, 2.75) is 5.41 Å². The average molecular weight is 818 g/mol. The number of hydrogen-bond donors (Lipinski definition) is 0. The predicted octanol–water partition coefficient (Wildman–Crippen LogP) is 16.9. The molecule has 0 amide bonds. The maximum absolute atomic E-state index is 2.56. The number of rotatable bonds is 6. The Balaban J connectivity index is 1.15. The molecule has 294 valence electrons. The predicted molar refractivity (Wildman–Crippen MR) is 267 cm³/mol. The van der Waals surface area contributed by atoms with E-state index in [9.17, 15) is 0 Å². The van der Waals surface area contributed by atoms with Crippen LogP contribution in [0.2, 0.25) is 0 Å². The molecule has 13 rings (SSSR count). The summed E-state index contributed by atoms with van der Waals surface area (Å²) in [6.45, 7) is 0. The molecule has 0 fully saturated rings. The number of anilines is 3. The highest BCUT2D eigenvalue weighted by atomic mass is 32.1. The van der Waals surface area contributed by atoms with Crippen LogP contribution >= 0.6 is 11.3 Å². The fraction of sp³-hybridized carbons (Fsp3) is 0.0164. The van der Waals surface area contributed by atoms with Gasteiger partial charge >= 0.3 is 0 Å². The molecule has 2 heteroatoms. The zero-order valence-corrected chi connectivity index (χ0v) is 35.2. The summed E-state index contributed by atoms with van der Waals surface area (Å²) in [4.78, 5) is 2.56. The molecule has 0 bridgehead atoms. The molecule has 1 heterocycles. The maximum Gasteiger partial charge on any atom is 0.0726 e. The Morgan fingerprint density at radius 3 is 1.56 bits per heavy atom. The second-order valence-corrected chi connectivity index (χ2v) is 17.8. The SMILES string of the molecule is c1ccc(-c2cccc(-c3c(N(c4ccc5c(c4)C4(c6ccccc6-c6ccccc64)c4ccccc4-5)c4ccccc4-c4ccccc4)ccc4sc5ccccc5c34)c2)cc1. The van der Waals surface area contributed by atoms with Crippen molar-refractivity contribution in [1.29, 1.82) is 0 Å². The van der Waals surface area contributed by atoms with Crippen LogP contribution in [0.5, 0.6) is 0 Å². The molecule has 0 saturated heterocycles. The van der Waals surface area contributed by atoms with Crippen LogP contribution in [0.25, 0.3) is 75.8 Å². The summed E-state index contributed by atoms with van der Waals surface area (Å²) >= 11 is 1.87. The van der Waals surface area contributed by atoms with Gasteiger partial charge in [0, 0.05) is 37.0 Å². The first-order valence-corrected chi connectivity index (χ1v) is 22.6. The van der Waals surface area contributed by atoms with Crippen molar-refractivity contribution in [3.63, 3.8) is 0 Å². The number of fused-ring (bicyclic) bond motifs is 13. The van der Waals surface area contributed by atoms with E-state index < -0.39 is 5.41 Å². The van der Waals surface area contributed by atoms with Crippen molar-refractivity contribution < 1.29 is 0 Å². The number of para-hydroxylation sites is 1. The van der Waals surface area contributed by atoms with E-state index in [-0.39, 0.29) is 0 Å². The molecular weight excluding hydrogens is 779 g/mol. The highest BCUT2D eigenvalue weighted by molar-refractivity contribution is 7.26. The Hall–Kier alpha value is -7.78. The second-order valence-electron chi connectivity index (χ2n) is 16.7. The fourth-order valence-electron chi connectivity index (χ4n) is 10.9. The van der Waals surface area contributed by atoms with Crippen molar-refractivity contribution >= 4 is 48.6 Å². The summed E-state index contributed by atoms with van der Waals surface area (Å²) in [6.07, 6.45) is 0. The van der Waals surface area contributed by atoms with Crippen LogP contribution in [0, 0.1) is 0 Å². The standard InChI is InChI=1S/C61H39NS/c1-3-18-40(19-4-1)42-22-17-23-43(38-42)59-56(36-37-58-60(59)50-28-11-16-33-57(50)63-58)62(55-32-15-10-24-45(55)41-20-5-2-6-21-41)44-34-35-49-48-27-9-14-31-53(48)61(54(49)39-44)51-29-12-7-25-46(51)47-26-8-13-30-52(47)61/h1-39H. The van der Waals surface area contributed by atoms with Gasteiger partial charge in [-0.25, -0.2) is 0 Å². The minimum absolute atomic E-state index is 0.472. The van der Waals surface area contributed by atoms with Gasteiger partial charge in [-0.05, 0) is 109 Å². The molecule has 2 aliphatic carbocycles. The van der Waals surface area contributed by atoms with Gasteiger partial charge in [-0.15, -0.1) is 11.3 Å². The van der Waals surface area contributed by atoms with E-state index in [4.69, 9.17) is 0 Å².